The number of nitrogens with one attached hydrogen (secondary N) is 1. The number of nitrogens with zero attached hydrogens (tertiary/aromatic N) is 3. The minimum absolute atomic E-state index is 0.0347. The van der Waals surface area contributed by atoms with Crippen LogP contribution in [0.1, 0.15) is 41.5 Å². The fourth-order valence-electron chi connectivity index (χ4n) is 3.99. The van der Waals surface area contributed by atoms with Crippen LogP contribution in [0.15, 0.2) is 36.5 Å². The van der Waals surface area contributed by atoms with Gasteiger partial charge in [-0.25, -0.2) is 4.79 Å². The van der Waals surface area contributed by atoms with E-state index in [4.69, 9.17) is 4.74 Å². The third-order valence-corrected chi connectivity index (χ3v) is 5.51. The molecule has 138 valence electrons. The summed E-state index contributed by atoms with van der Waals surface area (Å²) in [5, 5.41) is 7.62. The first-order valence-corrected chi connectivity index (χ1v) is 9.38. The number of hydrogen-bond donors (Lipinski definition) is 1. The molecule has 2 aromatic rings. The number of rotatable bonds is 3. The summed E-state index contributed by atoms with van der Waals surface area (Å²) in [5.41, 5.74) is 3.67. The molecule has 1 atom stereocenters. The molecule has 4 rings (SSSR count). The van der Waals surface area contributed by atoms with Gasteiger partial charge in [-0.2, -0.15) is 5.10 Å². The second-order valence-electron chi connectivity index (χ2n) is 7.27. The van der Waals surface area contributed by atoms with Crippen LogP contribution < -0.4 is 5.32 Å². The smallest absolute Gasteiger partial charge is 0.317 e. The van der Waals surface area contributed by atoms with Gasteiger partial charge in [-0.05, 0) is 30.0 Å². The van der Waals surface area contributed by atoms with Crippen molar-refractivity contribution in [3.63, 3.8) is 0 Å². The molecule has 0 aliphatic carbocycles. The highest BCUT2D eigenvalue weighted by molar-refractivity contribution is 5.74. The van der Waals surface area contributed by atoms with Gasteiger partial charge < -0.3 is 15.0 Å². The van der Waals surface area contributed by atoms with E-state index in [-0.39, 0.29) is 11.9 Å². The highest BCUT2D eigenvalue weighted by Crippen LogP contribution is 2.27. The fraction of sp³-hybridized carbons (Fsp3) is 0.500. The first-order valence-electron chi connectivity index (χ1n) is 9.38. The molecule has 26 heavy (non-hydrogen) atoms. The molecule has 0 radical (unpaired) electrons. The van der Waals surface area contributed by atoms with E-state index in [1.807, 2.05) is 28.9 Å². The maximum Gasteiger partial charge on any atom is 0.317 e. The van der Waals surface area contributed by atoms with Crippen molar-refractivity contribution in [3.05, 3.63) is 53.3 Å². The summed E-state index contributed by atoms with van der Waals surface area (Å²) in [6.45, 7) is 3.52. The number of fused-ring (bicyclic) bond motifs is 1. The molecular weight excluding hydrogens is 328 g/mol. The Labute approximate surface area is 154 Å². The lowest BCUT2D eigenvalue weighted by molar-refractivity contribution is 0.0904. The number of aryl methyl sites for hydroxylation is 1. The van der Waals surface area contributed by atoms with Crippen LogP contribution in [0.4, 0.5) is 4.79 Å². The molecule has 0 saturated carbocycles. The molecule has 1 unspecified atom stereocenters. The van der Waals surface area contributed by atoms with E-state index < -0.39 is 0 Å². The van der Waals surface area contributed by atoms with E-state index in [1.54, 1.807) is 0 Å². The molecule has 0 spiro atoms. The molecule has 6 heteroatoms. The van der Waals surface area contributed by atoms with Gasteiger partial charge in [-0.15, -0.1) is 0 Å². The number of benzene rings is 1. The Morgan fingerprint density at radius 3 is 2.85 bits per heavy atom. The van der Waals surface area contributed by atoms with E-state index >= 15 is 0 Å². The van der Waals surface area contributed by atoms with Gasteiger partial charge in [0.15, 0.2) is 0 Å². The summed E-state index contributed by atoms with van der Waals surface area (Å²) in [6.07, 6.45) is 3.93. The van der Waals surface area contributed by atoms with Gasteiger partial charge in [0, 0.05) is 44.7 Å². The van der Waals surface area contributed by atoms with Crippen LogP contribution in [-0.4, -0.2) is 47.0 Å². The standard InChI is InChI=1S/C20H26N4O2/c1-23-9-8-19(22-23)15-6-10-24(11-7-15)20(25)21-12-17-14-26-13-16-4-2-3-5-18(16)17/h2-5,8-9,15,17H,6-7,10-14H2,1H3,(H,21,25). The minimum atomic E-state index is 0.0347. The molecule has 2 amide bonds. The number of urea groups is 1. The largest absolute Gasteiger partial charge is 0.376 e. The molecule has 1 aromatic heterocycles. The lowest BCUT2D eigenvalue weighted by Crippen LogP contribution is -2.45. The second kappa shape index (κ2) is 7.50. The Hall–Kier alpha value is -2.34. The summed E-state index contributed by atoms with van der Waals surface area (Å²) < 4.78 is 7.52. The number of piperidine rings is 1. The van der Waals surface area contributed by atoms with Gasteiger partial charge in [-0.1, -0.05) is 24.3 Å². The summed E-state index contributed by atoms with van der Waals surface area (Å²) in [7, 11) is 1.94. The Kier molecular flexibility index (Phi) is 4.93. The number of carbonyl (C=O) groups is 1. The van der Waals surface area contributed by atoms with Crippen LogP contribution in [0.2, 0.25) is 0 Å². The quantitative estimate of drug-likeness (QED) is 0.922. The van der Waals surface area contributed by atoms with Gasteiger partial charge in [-0.3, -0.25) is 4.68 Å². The maximum absolute atomic E-state index is 12.6. The van der Waals surface area contributed by atoms with Crippen molar-refractivity contribution in [3.8, 4) is 0 Å². The van der Waals surface area contributed by atoms with Crippen molar-refractivity contribution >= 4 is 6.03 Å². The molecule has 1 N–H and O–H groups in total. The van der Waals surface area contributed by atoms with Gasteiger partial charge in [0.1, 0.15) is 0 Å². The topological polar surface area (TPSA) is 59.4 Å². The molecule has 1 saturated heterocycles. The highest BCUT2D eigenvalue weighted by Gasteiger charge is 2.26. The van der Waals surface area contributed by atoms with Gasteiger partial charge in [0.2, 0.25) is 0 Å². The van der Waals surface area contributed by atoms with Crippen LogP contribution in [0.3, 0.4) is 0 Å². The van der Waals surface area contributed by atoms with Crippen LogP contribution in [0, 0.1) is 0 Å². The predicted molar refractivity (Wildman–Crippen MR) is 99.0 cm³/mol. The monoisotopic (exact) mass is 354 g/mol. The third kappa shape index (κ3) is 3.60. The number of aromatic nitrogens is 2. The number of ether oxygens (including phenoxy) is 1. The Bertz CT molecular complexity index is 765. The Balaban J connectivity index is 1.29. The van der Waals surface area contributed by atoms with Crippen molar-refractivity contribution in [2.45, 2.75) is 31.3 Å². The zero-order valence-corrected chi connectivity index (χ0v) is 15.2. The third-order valence-electron chi connectivity index (χ3n) is 5.51. The van der Waals surface area contributed by atoms with Crippen molar-refractivity contribution < 1.29 is 9.53 Å². The zero-order chi connectivity index (χ0) is 17.9. The SMILES string of the molecule is Cn1ccc(C2CCN(C(=O)NCC3COCc4ccccc43)CC2)n1. The van der Waals surface area contributed by atoms with Crippen molar-refractivity contribution in [1.82, 2.24) is 20.0 Å². The molecular formula is C20H26N4O2. The van der Waals surface area contributed by atoms with Crippen molar-refractivity contribution in [2.24, 2.45) is 7.05 Å². The first kappa shape index (κ1) is 17.1. The normalized spacial score (nSPS) is 20.7. The molecule has 0 bridgehead atoms. The number of likely N-dealkylation sites (tertiary alicyclic amines) is 1. The molecule has 2 aliphatic heterocycles. The van der Waals surface area contributed by atoms with E-state index in [1.165, 1.54) is 11.1 Å². The minimum Gasteiger partial charge on any atom is -0.376 e. The van der Waals surface area contributed by atoms with Gasteiger partial charge in [0.25, 0.3) is 0 Å². The summed E-state index contributed by atoms with van der Waals surface area (Å²) in [6, 6.07) is 10.5. The molecule has 6 nitrogen and oxygen atoms in total. The molecule has 3 heterocycles. The Morgan fingerprint density at radius 1 is 1.27 bits per heavy atom. The highest BCUT2D eigenvalue weighted by atomic mass is 16.5. The first-order chi connectivity index (χ1) is 12.7. The average molecular weight is 354 g/mol. The van der Waals surface area contributed by atoms with Crippen LogP contribution in [-0.2, 0) is 18.4 Å². The van der Waals surface area contributed by atoms with E-state index in [0.717, 1.165) is 31.6 Å². The summed E-state index contributed by atoms with van der Waals surface area (Å²) in [4.78, 5) is 14.5. The number of hydrogen-bond acceptors (Lipinski definition) is 3. The van der Waals surface area contributed by atoms with E-state index in [9.17, 15) is 4.79 Å². The number of carbonyl (C=O) groups excluding carboxylic acids is 1. The van der Waals surface area contributed by atoms with Gasteiger partial charge in [0.05, 0.1) is 18.9 Å². The van der Waals surface area contributed by atoms with Crippen LogP contribution in [0.5, 0.6) is 0 Å². The average Bonchev–Trinajstić information content (AvgIpc) is 3.12. The van der Waals surface area contributed by atoms with E-state index in [2.05, 4.69) is 34.7 Å². The Morgan fingerprint density at radius 2 is 2.08 bits per heavy atom. The number of amides is 2. The lowest BCUT2D eigenvalue weighted by atomic mass is 9.93. The van der Waals surface area contributed by atoms with Gasteiger partial charge >= 0.3 is 6.03 Å². The second-order valence-corrected chi connectivity index (χ2v) is 7.27. The summed E-state index contributed by atoms with van der Waals surface area (Å²) >= 11 is 0. The van der Waals surface area contributed by atoms with Crippen molar-refractivity contribution in [2.75, 3.05) is 26.2 Å². The lowest BCUT2D eigenvalue weighted by Gasteiger charge is -2.32. The summed E-state index contributed by atoms with van der Waals surface area (Å²) in [5.74, 6) is 0.689. The molecule has 1 fully saturated rings. The molecule has 2 aliphatic rings. The zero-order valence-electron chi connectivity index (χ0n) is 15.2. The van der Waals surface area contributed by atoms with Crippen LogP contribution >= 0.6 is 0 Å². The fourth-order valence-corrected chi connectivity index (χ4v) is 3.99. The van der Waals surface area contributed by atoms with Crippen LogP contribution in [0.25, 0.3) is 0 Å². The maximum atomic E-state index is 12.6. The molecule has 1 aromatic carbocycles. The predicted octanol–water partition coefficient (Wildman–Crippen LogP) is 2.62. The van der Waals surface area contributed by atoms with Crippen molar-refractivity contribution in [1.29, 1.82) is 0 Å². The van der Waals surface area contributed by atoms with E-state index in [0.29, 0.717) is 25.7 Å².